The van der Waals surface area contributed by atoms with Crippen LogP contribution in [0.1, 0.15) is 35.2 Å². The Balaban J connectivity index is 1.57. The van der Waals surface area contributed by atoms with Crippen molar-refractivity contribution >= 4 is 5.91 Å². The molecular formula is C20H31N3O2. The van der Waals surface area contributed by atoms with E-state index in [1.807, 2.05) is 24.1 Å². The summed E-state index contributed by atoms with van der Waals surface area (Å²) in [4.78, 5) is 19.4. The molecule has 138 valence electrons. The van der Waals surface area contributed by atoms with Crippen molar-refractivity contribution in [1.29, 1.82) is 0 Å². The maximum atomic E-state index is 12.8. The van der Waals surface area contributed by atoms with E-state index in [4.69, 9.17) is 4.74 Å². The Labute approximate surface area is 151 Å². The Bertz CT molecular complexity index is 564. The lowest BCUT2D eigenvalue weighted by atomic mass is 10.1. The van der Waals surface area contributed by atoms with Crippen LogP contribution in [0.4, 0.5) is 0 Å². The number of hydrogen-bond donors (Lipinski definition) is 0. The summed E-state index contributed by atoms with van der Waals surface area (Å²) < 4.78 is 5.76. The average Bonchev–Trinajstić information content (AvgIpc) is 2.64. The van der Waals surface area contributed by atoms with Gasteiger partial charge in [0.25, 0.3) is 5.91 Å². The third kappa shape index (κ3) is 5.27. The van der Waals surface area contributed by atoms with Crippen LogP contribution in [0.25, 0.3) is 0 Å². The number of carbonyl (C=O) groups is 1. The third-order valence-electron chi connectivity index (χ3n) is 5.27. The van der Waals surface area contributed by atoms with E-state index in [9.17, 15) is 4.79 Å². The zero-order valence-corrected chi connectivity index (χ0v) is 15.6. The van der Waals surface area contributed by atoms with Crippen molar-refractivity contribution in [2.45, 2.75) is 31.9 Å². The molecule has 1 atom stereocenters. The van der Waals surface area contributed by atoms with Crippen molar-refractivity contribution in [2.24, 2.45) is 0 Å². The fourth-order valence-corrected chi connectivity index (χ4v) is 3.63. The first-order valence-electron chi connectivity index (χ1n) is 9.49. The summed E-state index contributed by atoms with van der Waals surface area (Å²) in [5.41, 5.74) is 2.00. The van der Waals surface area contributed by atoms with Gasteiger partial charge in [0, 0.05) is 58.5 Å². The van der Waals surface area contributed by atoms with E-state index in [1.165, 1.54) is 12.0 Å². The SMILES string of the molecule is CN1CCN(Cc2cccc(C(=O)N(C)CC3CCCCO3)c2)CC1. The van der Waals surface area contributed by atoms with Gasteiger partial charge in [-0.25, -0.2) is 0 Å². The molecule has 3 rings (SSSR count). The van der Waals surface area contributed by atoms with Gasteiger partial charge in [-0.3, -0.25) is 9.69 Å². The van der Waals surface area contributed by atoms with E-state index < -0.39 is 0 Å². The molecule has 2 fully saturated rings. The molecule has 0 bridgehead atoms. The minimum atomic E-state index is 0.0920. The molecular weight excluding hydrogens is 314 g/mol. The fourth-order valence-electron chi connectivity index (χ4n) is 3.63. The highest BCUT2D eigenvalue weighted by molar-refractivity contribution is 5.94. The summed E-state index contributed by atoms with van der Waals surface area (Å²) in [5, 5.41) is 0. The van der Waals surface area contributed by atoms with Crippen LogP contribution in [0.15, 0.2) is 24.3 Å². The van der Waals surface area contributed by atoms with Gasteiger partial charge in [-0.05, 0) is 44.0 Å². The molecule has 0 spiro atoms. The highest BCUT2D eigenvalue weighted by atomic mass is 16.5. The van der Waals surface area contributed by atoms with Crippen molar-refractivity contribution in [1.82, 2.24) is 14.7 Å². The number of likely N-dealkylation sites (N-methyl/N-ethyl adjacent to an activating group) is 2. The largest absolute Gasteiger partial charge is 0.376 e. The summed E-state index contributed by atoms with van der Waals surface area (Å²) in [5.74, 6) is 0.0920. The predicted molar refractivity (Wildman–Crippen MR) is 99.8 cm³/mol. The Morgan fingerprint density at radius 1 is 1.24 bits per heavy atom. The Kier molecular flexibility index (Phi) is 6.45. The molecule has 1 aromatic rings. The zero-order valence-electron chi connectivity index (χ0n) is 15.6. The van der Waals surface area contributed by atoms with E-state index in [-0.39, 0.29) is 12.0 Å². The summed E-state index contributed by atoms with van der Waals surface area (Å²) in [6.45, 7) is 6.84. The predicted octanol–water partition coefficient (Wildman–Crippen LogP) is 2.08. The topological polar surface area (TPSA) is 36.0 Å². The summed E-state index contributed by atoms with van der Waals surface area (Å²) in [6, 6.07) is 8.11. The lowest BCUT2D eigenvalue weighted by Gasteiger charge is -2.32. The standard InChI is InChI=1S/C20H31N3O2/c1-21-9-11-23(12-10-21)15-17-6-5-7-18(14-17)20(24)22(2)16-19-8-3-4-13-25-19/h5-7,14,19H,3-4,8-13,15-16H2,1-2H3. The van der Waals surface area contributed by atoms with Crippen LogP contribution in [0.2, 0.25) is 0 Å². The highest BCUT2D eigenvalue weighted by Gasteiger charge is 2.20. The van der Waals surface area contributed by atoms with E-state index in [2.05, 4.69) is 29.0 Å². The van der Waals surface area contributed by atoms with Gasteiger partial charge in [-0.1, -0.05) is 12.1 Å². The van der Waals surface area contributed by atoms with Crippen molar-refractivity contribution < 1.29 is 9.53 Å². The number of nitrogens with zero attached hydrogens (tertiary/aromatic N) is 3. The maximum Gasteiger partial charge on any atom is 0.253 e. The van der Waals surface area contributed by atoms with Gasteiger partial charge in [-0.2, -0.15) is 0 Å². The van der Waals surface area contributed by atoms with Crippen molar-refractivity contribution in [3.8, 4) is 0 Å². The molecule has 2 heterocycles. The molecule has 1 unspecified atom stereocenters. The lowest BCUT2D eigenvalue weighted by molar-refractivity contribution is -0.000190. The molecule has 2 aliphatic rings. The summed E-state index contributed by atoms with van der Waals surface area (Å²) in [6.07, 6.45) is 3.59. The van der Waals surface area contributed by atoms with E-state index in [0.717, 1.165) is 57.7 Å². The normalized spacial score (nSPS) is 22.7. The number of piperazine rings is 1. The fraction of sp³-hybridized carbons (Fsp3) is 0.650. The van der Waals surface area contributed by atoms with Gasteiger partial charge in [0.15, 0.2) is 0 Å². The quantitative estimate of drug-likeness (QED) is 0.819. The van der Waals surface area contributed by atoms with Gasteiger partial charge >= 0.3 is 0 Å². The van der Waals surface area contributed by atoms with Crippen LogP contribution >= 0.6 is 0 Å². The first-order chi connectivity index (χ1) is 12.1. The molecule has 2 aliphatic heterocycles. The van der Waals surface area contributed by atoms with Crippen LogP contribution in [0, 0.1) is 0 Å². The van der Waals surface area contributed by atoms with E-state index in [0.29, 0.717) is 6.54 Å². The second-order valence-corrected chi connectivity index (χ2v) is 7.45. The third-order valence-corrected chi connectivity index (χ3v) is 5.27. The first-order valence-corrected chi connectivity index (χ1v) is 9.49. The van der Waals surface area contributed by atoms with Crippen LogP contribution in [0.5, 0.6) is 0 Å². The van der Waals surface area contributed by atoms with Crippen LogP contribution in [0.3, 0.4) is 0 Å². The highest BCUT2D eigenvalue weighted by Crippen LogP contribution is 2.16. The van der Waals surface area contributed by atoms with Crippen LogP contribution in [-0.2, 0) is 11.3 Å². The van der Waals surface area contributed by atoms with Crippen LogP contribution in [-0.4, -0.2) is 80.1 Å². The molecule has 0 radical (unpaired) electrons. The first kappa shape index (κ1) is 18.4. The molecule has 1 amide bonds. The number of benzene rings is 1. The molecule has 0 aromatic heterocycles. The molecule has 0 saturated carbocycles. The molecule has 25 heavy (non-hydrogen) atoms. The van der Waals surface area contributed by atoms with Crippen molar-refractivity contribution in [2.75, 3.05) is 53.4 Å². The van der Waals surface area contributed by atoms with Crippen molar-refractivity contribution in [3.05, 3.63) is 35.4 Å². The monoisotopic (exact) mass is 345 g/mol. The minimum absolute atomic E-state index is 0.0920. The average molecular weight is 345 g/mol. The zero-order chi connectivity index (χ0) is 17.6. The Hall–Kier alpha value is -1.43. The second-order valence-electron chi connectivity index (χ2n) is 7.45. The number of amides is 1. The molecule has 5 nitrogen and oxygen atoms in total. The maximum absolute atomic E-state index is 12.8. The second kappa shape index (κ2) is 8.79. The molecule has 2 saturated heterocycles. The minimum Gasteiger partial charge on any atom is -0.376 e. The van der Waals surface area contributed by atoms with Gasteiger partial charge < -0.3 is 14.5 Å². The van der Waals surface area contributed by atoms with Gasteiger partial charge in [0.2, 0.25) is 0 Å². The molecule has 5 heteroatoms. The van der Waals surface area contributed by atoms with Crippen molar-refractivity contribution in [3.63, 3.8) is 0 Å². The van der Waals surface area contributed by atoms with Gasteiger partial charge in [0.05, 0.1) is 6.10 Å². The lowest BCUT2D eigenvalue weighted by Crippen LogP contribution is -2.43. The molecule has 0 N–H and O–H groups in total. The molecule has 1 aromatic carbocycles. The number of carbonyl (C=O) groups excluding carboxylic acids is 1. The molecule has 0 aliphatic carbocycles. The summed E-state index contributed by atoms with van der Waals surface area (Å²) in [7, 11) is 4.05. The van der Waals surface area contributed by atoms with Gasteiger partial charge in [-0.15, -0.1) is 0 Å². The van der Waals surface area contributed by atoms with E-state index in [1.54, 1.807) is 0 Å². The number of hydrogen-bond acceptors (Lipinski definition) is 4. The van der Waals surface area contributed by atoms with Crippen LogP contribution < -0.4 is 0 Å². The smallest absolute Gasteiger partial charge is 0.253 e. The number of rotatable bonds is 5. The summed E-state index contributed by atoms with van der Waals surface area (Å²) >= 11 is 0. The van der Waals surface area contributed by atoms with E-state index >= 15 is 0 Å². The van der Waals surface area contributed by atoms with Gasteiger partial charge in [0.1, 0.15) is 0 Å². The Morgan fingerprint density at radius 3 is 2.76 bits per heavy atom. The number of ether oxygens (including phenoxy) is 1. The Morgan fingerprint density at radius 2 is 2.04 bits per heavy atom.